The van der Waals surface area contributed by atoms with Gasteiger partial charge in [-0.05, 0) is 37.5 Å². The molecule has 4 heteroatoms. The van der Waals surface area contributed by atoms with Gasteiger partial charge in [0, 0.05) is 19.1 Å². The van der Waals surface area contributed by atoms with Crippen molar-refractivity contribution < 1.29 is 14.3 Å². The van der Waals surface area contributed by atoms with Gasteiger partial charge in [0.15, 0.2) is 0 Å². The second-order valence-electron chi connectivity index (χ2n) is 5.52. The fraction of sp³-hybridized carbons (Fsp3) is 0.533. The Morgan fingerprint density at radius 3 is 2.42 bits per heavy atom. The molecule has 0 heterocycles. The number of hydrogen-bond acceptors (Lipinski definition) is 2. The van der Waals surface area contributed by atoms with Crippen molar-refractivity contribution in [3.05, 3.63) is 35.1 Å². The standard InChI is InChI=1S/C15H22FNO2/c1-10(2)8-17(11(3)4)9-12-5-6-13(16)7-14(12)15(18)19/h5-7,10-11H,8-9H2,1-4H3,(H,18,19). The van der Waals surface area contributed by atoms with Crippen molar-refractivity contribution in [1.29, 1.82) is 0 Å². The summed E-state index contributed by atoms with van der Waals surface area (Å²) in [7, 11) is 0. The average molecular weight is 267 g/mol. The van der Waals surface area contributed by atoms with E-state index in [1.165, 1.54) is 6.07 Å². The monoisotopic (exact) mass is 267 g/mol. The number of aromatic carboxylic acids is 1. The zero-order valence-corrected chi connectivity index (χ0v) is 12.0. The zero-order chi connectivity index (χ0) is 14.6. The first-order valence-electron chi connectivity index (χ1n) is 6.57. The van der Waals surface area contributed by atoms with Gasteiger partial charge < -0.3 is 5.11 Å². The number of benzene rings is 1. The Bertz CT molecular complexity index is 444. The van der Waals surface area contributed by atoms with Gasteiger partial charge in [-0.3, -0.25) is 4.90 Å². The normalized spacial score (nSPS) is 11.6. The maximum Gasteiger partial charge on any atom is 0.336 e. The number of carboxylic acid groups (broad SMARTS) is 1. The molecule has 106 valence electrons. The molecule has 0 bridgehead atoms. The van der Waals surface area contributed by atoms with Gasteiger partial charge in [0.25, 0.3) is 0 Å². The third-order valence-corrected chi connectivity index (χ3v) is 3.01. The van der Waals surface area contributed by atoms with Gasteiger partial charge in [-0.2, -0.15) is 0 Å². The summed E-state index contributed by atoms with van der Waals surface area (Å²) in [5.41, 5.74) is 0.706. The molecule has 0 aliphatic carbocycles. The second-order valence-corrected chi connectivity index (χ2v) is 5.52. The minimum absolute atomic E-state index is 0.0504. The van der Waals surface area contributed by atoms with Crippen LogP contribution in [0.4, 0.5) is 4.39 Å². The van der Waals surface area contributed by atoms with Crippen LogP contribution in [-0.2, 0) is 6.54 Å². The molecular weight excluding hydrogens is 245 g/mol. The molecule has 0 saturated heterocycles. The van der Waals surface area contributed by atoms with E-state index in [9.17, 15) is 9.18 Å². The topological polar surface area (TPSA) is 40.5 Å². The Morgan fingerprint density at radius 1 is 1.32 bits per heavy atom. The van der Waals surface area contributed by atoms with E-state index in [1.54, 1.807) is 6.07 Å². The molecule has 1 aromatic carbocycles. The minimum Gasteiger partial charge on any atom is -0.478 e. The Kier molecular flexibility index (Phi) is 5.48. The summed E-state index contributed by atoms with van der Waals surface area (Å²) in [6, 6.07) is 4.28. The molecule has 0 aliphatic rings. The van der Waals surface area contributed by atoms with Gasteiger partial charge in [-0.1, -0.05) is 19.9 Å². The molecule has 0 spiro atoms. The highest BCUT2D eigenvalue weighted by molar-refractivity contribution is 5.89. The lowest BCUT2D eigenvalue weighted by Crippen LogP contribution is -2.34. The van der Waals surface area contributed by atoms with Crippen LogP contribution in [0.3, 0.4) is 0 Å². The molecule has 19 heavy (non-hydrogen) atoms. The van der Waals surface area contributed by atoms with Crippen molar-refractivity contribution >= 4 is 5.97 Å². The highest BCUT2D eigenvalue weighted by Crippen LogP contribution is 2.16. The van der Waals surface area contributed by atoms with E-state index in [0.29, 0.717) is 24.1 Å². The second kappa shape index (κ2) is 6.66. The van der Waals surface area contributed by atoms with E-state index >= 15 is 0 Å². The van der Waals surface area contributed by atoms with Gasteiger partial charge in [-0.15, -0.1) is 0 Å². The third-order valence-electron chi connectivity index (χ3n) is 3.01. The van der Waals surface area contributed by atoms with Crippen LogP contribution in [0.5, 0.6) is 0 Å². The van der Waals surface area contributed by atoms with Gasteiger partial charge in [0.1, 0.15) is 5.82 Å². The van der Waals surface area contributed by atoms with E-state index in [1.807, 2.05) is 0 Å². The van der Waals surface area contributed by atoms with Gasteiger partial charge in [-0.25, -0.2) is 9.18 Å². The smallest absolute Gasteiger partial charge is 0.336 e. The molecule has 0 atom stereocenters. The number of rotatable bonds is 6. The minimum atomic E-state index is -1.08. The molecule has 1 aromatic rings. The summed E-state index contributed by atoms with van der Waals surface area (Å²) in [4.78, 5) is 13.4. The van der Waals surface area contributed by atoms with Gasteiger partial charge in [0.05, 0.1) is 5.56 Å². The summed E-state index contributed by atoms with van der Waals surface area (Å²) < 4.78 is 13.1. The largest absolute Gasteiger partial charge is 0.478 e. The first kappa shape index (κ1) is 15.6. The lowest BCUT2D eigenvalue weighted by molar-refractivity contribution is 0.0693. The first-order chi connectivity index (χ1) is 8.81. The Labute approximate surface area is 114 Å². The number of carbonyl (C=O) groups is 1. The lowest BCUT2D eigenvalue weighted by Gasteiger charge is -2.28. The van der Waals surface area contributed by atoms with Crippen molar-refractivity contribution in [2.24, 2.45) is 5.92 Å². The SMILES string of the molecule is CC(C)CN(Cc1ccc(F)cc1C(=O)O)C(C)C. The zero-order valence-electron chi connectivity index (χ0n) is 12.0. The van der Waals surface area contributed by atoms with Crippen molar-refractivity contribution in [3.63, 3.8) is 0 Å². The Balaban J connectivity index is 2.99. The molecule has 1 N–H and O–H groups in total. The van der Waals surface area contributed by atoms with E-state index in [-0.39, 0.29) is 5.56 Å². The molecule has 1 rings (SSSR count). The predicted molar refractivity (Wildman–Crippen MR) is 73.7 cm³/mol. The van der Waals surface area contributed by atoms with E-state index in [0.717, 1.165) is 12.6 Å². The molecule has 0 aliphatic heterocycles. The number of nitrogens with zero attached hydrogens (tertiary/aromatic N) is 1. The van der Waals surface area contributed by atoms with Crippen molar-refractivity contribution in [2.75, 3.05) is 6.54 Å². The highest BCUT2D eigenvalue weighted by Gasteiger charge is 2.17. The predicted octanol–water partition coefficient (Wildman–Crippen LogP) is 3.39. The van der Waals surface area contributed by atoms with Crippen LogP contribution < -0.4 is 0 Å². The molecular formula is C15H22FNO2. The highest BCUT2D eigenvalue weighted by atomic mass is 19.1. The number of halogens is 1. The lowest BCUT2D eigenvalue weighted by atomic mass is 10.1. The van der Waals surface area contributed by atoms with E-state index in [4.69, 9.17) is 5.11 Å². The van der Waals surface area contributed by atoms with E-state index in [2.05, 4.69) is 32.6 Å². The van der Waals surface area contributed by atoms with Crippen molar-refractivity contribution in [2.45, 2.75) is 40.3 Å². The van der Waals surface area contributed by atoms with Crippen LogP contribution in [0.2, 0.25) is 0 Å². The molecule has 0 saturated carbocycles. The average Bonchev–Trinajstić information content (AvgIpc) is 2.29. The summed E-state index contributed by atoms with van der Waals surface area (Å²) in [6.45, 7) is 9.81. The van der Waals surface area contributed by atoms with Crippen LogP contribution >= 0.6 is 0 Å². The number of hydrogen-bond donors (Lipinski definition) is 1. The molecule has 0 amide bonds. The van der Waals surface area contributed by atoms with Crippen LogP contribution in [-0.4, -0.2) is 28.6 Å². The Morgan fingerprint density at radius 2 is 1.95 bits per heavy atom. The van der Waals surface area contributed by atoms with Gasteiger partial charge in [0.2, 0.25) is 0 Å². The van der Waals surface area contributed by atoms with E-state index < -0.39 is 11.8 Å². The quantitative estimate of drug-likeness (QED) is 0.859. The molecule has 0 fully saturated rings. The maximum absolute atomic E-state index is 13.1. The maximum atomic E-state index is 13.1. The molecule has 0 unspecified atom stereocenters. The fourth-order valence-corrected chi connectivity index (χ4v) is 2.03. The van der Waals surface area contributed by atoms with Gasteiger partial charge >= 0.3 is 5.97 Å². The summed E-state index contributed by atoms with van der Waals surface area (Å²) in [5.74, 6) is -1.10. The van der Waals surface area contributed by atoms with Crippen LogP contribution in [0, 0.1) is 11.7 Å². The summed E-state index contributed by atoms with van der Waals surface area (Å²) in [6.07, 6.45) is 0. The third kappa shape index (κ3) is 4.63. The molecule has 3 nitrogen and oxygen atoms in total. The molecule has 0 radical (unpaired) electrons. The van der Waals surface area contributed by atoms with Crippen LogP contribution in [0.15, 0.2) is 18.2 Å². The fourth-order valence-electron chi connectivity index (χ4n) is 2.03. The summed E-state index contributed by atoms with van der Waals surface area (Å²) in [5, 5.41) is 9.14. The van der Waals surface area contributed by atoms with Crippen molar-refractivity contribution in [1.82, 2.24) is 4.90 Å². The van der Waals surface area contributed by atoms with Crippen LogP contribution in [0.1, 0.15) is 43.6 Å². The molecule has 0 aromatic heterocycles. The van der Waals surface area contributed by atoms with Crippen molar-refractivity contribution in [3.8, 4) is 0 Å². The Hall–Kier alpha value is -1.42. The summed E-state index contributed by atoms with van der Waals surface area (Å²) >= 11 is 0. The number of carboxylic acids is 1. The van der Waals surface area contributed by atoms with Crippen LogP contribution in [0.25, 0.3) is 0 Å². The first-order valence-corrected chi connectivity index (χ1v) is 6.57.